The molecule has 0 radical (unpaired) electrons. The Hall–Kier alpha value is -1.65. The molecule has 1 aliphatic rings. The molecule has 0 saturated heterocycles. The normalized spacial score (nSPS) is 14.8. The monoisotopic (exact) mass is 250 g/mol. The third kappa shape index (κ3) is 2.17. The molecule has 0 N–H and O–H groups in total. The van der Waals surface area contributed by atoms with Crippen LogP contribution in [0.4, 0.5) is 0 Å². The van der Waals surface area contributed by atoms with Crippen molar-refractivity contribution in [1.82, 2.24) is 9.78 Å². The molecule has 0 fully saturated rings. The summed E-state index contributed by atoms with van der Waals surface area (Å²) in [5.41, 5.74) is 2.43. The van der Waals surface area contributed by atoms with Crippen LogP contribution in [0.2, 0.25) is 0 Å². The van der Waals surface area contributed by atoms with E-state index < -0.39 is 0 Å². The first-order chi connectivity index (χ1) is 8.54. The molecule has 0 amide bonds. The van der Waals surface area contributed by atoms with Crippen LogP contribution < -0.4 is 0 Å². The highest BCUT2D eigenvalue weighted by Gasteiger charge is 2.28. The van der Waals surface area contributed by atoms with Gasteiger partial charge in [0.25, 0.3) is 0 Å². The van der Waals surface area contributed by atoms with Crippen molar-refractivity contribution in [3.8, 4) is 0 Å². The fraction of sp³-hybridized carbons (Fsp3) is 0.615. The standard InChI is InChI=1S/C13H18N2O3/c1-8(2)13-12-9(5-4-6-10(12)16)15(14-13)7-11(17)18-3/h8H,4-7H2,1-3H3. The molecule has 0 saturated carbocycles. The van der Waals surface area contributed by atoms with Gasteiger partial charge in [-0.15, -0.1) is 0 Å². The largest absolute Gasteiger partial charge is 0.468 e. The van der Waals surface area contributed by atoms with Crippen LogP contribution in [0.25, 0.3) is 0 Å². The van der Waals surface area contributed by atoms with Gasteiger partial charge < -0.3 is 4.74 Å². The van der Waals surface area contributed by atoms with Gasteiger partial charge in [0.05, 0.1) is 24.1 Å². The number of ether oxygens (including phenoxy) is 1. The number of nitrogens with zero attached hydrogens (tertiary/aromatic N) is 2. The third-order valence-electron chi connectivity index (χ3n) is 3.23. The highest BCUT2D eigenvalue weighted by molar-refractivity contribution is 5.99. The van der Waals surface area contributed by atoms with E-state index in [1.807, 2.05) is 13.8 Å². The summed E-state index contributed by atoms with van der Waals surface area (Å²) in [6.07, 6.45) is 2.21. The van der Waals surface area contributed by atoms with Crippen LogP contribution in [-0.2, 0) is 22.5 Å². The molecule has 1 aromatic heterocycles. The number of fused-ring (bicyclic) bond motifs is 1. The van der Waals surface area contributed by atoms with E-state index in [0.29, 0.717) is 6.42 Å². The van der Waals surface area contributed by atoms with Gasteiger partial charge in [0.2, 0.25) is 0 Å². The van der Waals surface area contributed by atoms with Crippen LogP contribution >= 0.6 is 0 Å². The number of carbonyl (C=O) groups is 2. The minimum Gasteiger partial charge on any atom is -0.468 e. The van der Waals surface area contributed by atoms with Gasteiger partial charge in [0, 0.05) is 6.42 Å². The van der Waals surface area contributed by atoms with Crippen molar-refractivity contribution >= 4 is 11.8 Å². The Morgan fingerprint density at radius 3 is 2.78 bits per heavy atom. The summed E-state index contributed by atoms with van der Waals surface area (Å²) in [5.74, 6) is -0.00982. The van der Waals surface area contributed by atoms with E-state index in [1.165, 1.54) is 7.11 Å². The predicted molar refractivity (Wildman–Crippen MR) is 65.6 cm³/mol. The van der Waals surface area contributed by atoms with Crippen molar-refractivity contribution in [2.45, 2.75) is 45.6 Å². The summed E-state index contributed by atoms with van der Waals surface area (Å²) >= 11 is 0. The van der Waals surface area contributed by atoms with E-state index in [-0.39, 0.29) is 24.2 Å². The van der Waals surface area contributed by atoms with Gasteiger partial charge in [-0.05, 0) is 18.8 Å². The minimum absolute atomic E-state index is 0.0822. The smallest absolute Gasteiger partial charge is 0.327 e. The Balaban J connectivity index is 2.45. The van der Waals surface area contributed by atoms with Gasteiger partial charge in [0.15, 0.2) is 5.78 Å². The molecule has 0 spiro atoms. The molecule has 1 aliphatic carbocycles. The summed E-state index contributed by atoms with van der Waals surface area (Å²) < 4.78 is 6.29. The maximum Gasteiger partial charge on any atom is 0.327 e. The van der Waals surface area contributed by atoms with E-state index in [9.17, 15) is 9.59 Å². The quantitative estimate of drug-likeness (QED) is 0.766. The summed E-state index contributed by atoms with van der Waals surface area (Å²) in [7, 11) is 1.35. The zero-order chi connectivity index (χ0) is 13.3. The molecule has 18 heavy (non-hydrogen) atoms. The minimum atomic E-state index is -0.339. The van der Waals surface area contributed by atoms with Crippen molar-refractivity contribution in [2.24, 2.45) is 0 Å². The number of esters is 1. The van der Waals surface area contributed by atoms with Crippen LogP contribution in [0.15, 0.2) is 0 Å². The number of ketones is 1. The fourth-order valence-electron chi connectivity index (χ4n) is 2.34. The number of carbonyl (C=O) groups excluding carboxylic acids is 2. The Kier molecular flexibility index (Phi) is 3.50. The average molecular weight is 250 g/mol. The fourth-order valence-corrected chi connectivity index (χ4v) is 2.34. The van der Waals surface area contributed by atoms with E-state index >= 15 is 0 Å². The number of hydrogen-bond acceptors (Lipinski definition) is 4. The Bertz CT molecular complexity index is 489. The van der Waals surface area contributed by atoms with E-state index in [2.05, 4.69) is 9.84 Å². The van der Waals surface area contributed by atoms with E-state index in [4.69, 9.17) is 0 Å². The average Bonchev–Trinajstić information content (AvgIpc) is 2.70. The highest BCUT2D eigenvalue weighted by Crippen LogP contribution is 2.28. The van der Waals surface area contributed by atoms with Crippen molar-refractivity contribution in [2.75, 3.05) is 7.11 Å². The summed E-state index contributed by atoms with van der Waals surface area (Å²) in [6, 6.07) is 0. The molecule has 5 heteroatoms. The predicted octanol–water partition coefficient (Wildman–Crippen LogP) is 1.70. The molecule has 5 nitrogen and oxygen atoms in total. The highest BCUT2D eigenvalue weighted by atomic mass is 16.5. The van der Waals surface area contributed by atoms with Gasteiger partial charge in [-0.1, -0.05) is 13.8 Å². The van der Waals surface area contributed by atoms with Crippen LogP contribution in [0.3, 0.4) is 0 Å². The lowest BCUT2D eigenvalue weighted by molar-refractivity contribution is -0.141. The molecule has 1 aromatic rings. The van der Waals surface area contributed by atoms with Crippen LogP contribution in [0.5, 0.6) is 0 Å². The molecule has 0 aromatic carbocycles. The molecular weight excluding hydrogens is 232 g/mol. The van der Waals surface area contributed by atoms with Crippen molar-refractivity contribution in [3.63, 3.8) is 0 Å². The zero-order valence-corrected chi connectivity index (χ0v) is 11.0. The number of aromatic nitrogens is 2. The second-order valence-corrected chi connectivity index (χ2v) is 4.87. The lowest BCUT2D eigenvalue weighted by atomic mass is 9.91. The molecule has 2 rings (SSSR count). The molecule has 0 atom stereocenters. The number of rotatable bonds is 3. The number of hydrogen-bond donors (Lipinski definition) is 0. The number of methoxy groups -OCH3 is 1. The molecular formula is C13H18N2O3. The maximum absolute atomic E-state index is 12.0. The summed E-state index contributed by atoms with van der Waals surface area (Å²) in [5, 5.41) is 4.42. The number of Topliss-reactive ketones (excluding diaryl/α,β-unsaturated/α-hetero) is 1. The lowest BCUT2D eigenvalue weighted by Crippen LogP contribution is -2.18. The maximum atomic E-state index is 12.0. The SMILES string of the molecule is COC(=O)Cn1nc(C(C)C)c2c1CCCC2=O. The first kappa shape index (κ1) is 12.8. The molecule has 1 heterocycles. The summed E-state index contributed by atoms with van der Waals surface area (Å²) in [6.45, 7) is 4.10. The van der Waals surface area contributed by atoms with Gasteiger partial charge in [-0.2, -0.15) is 5.10 Å². The Labute approximate surface area is 106 Å². The van der Waals surface area contributed by atoms with Crippen molar-refractivity contribution < 1.29 is 14.3 Å². The van der Waals surface area contributed by atoms with Gasteiger partial charge in [0.1, 0.15) is 6.54 Å². The second kappa shape index (κ2) is 4.92. The first-order valence-electron chi connectivity index (χ1n) is 6.24. The zero-order valence-electron chi connectivity index (χ0n) is 11.0. The Morgan fingerprint density at radius 2 is 2.17 bits per heavy atom. The van der Waals surface area contributed by atoms with Crippen molar-refractivity contribution in [1.29, 1.82) is 0 Å². The Morgan fingerprint density at radius 1 is 1.44 bits per heavy atom. The second-order valence-electron chi connectivity index (χ2n) is 4.87. The lowest BCUT2D eigenvalue weighted by Gasteiger charge is -2.13. The molecule has 98 valence electrons. The van der Waals surface area contributed by atoms with Crippen molar-refractivity contribution in [3.05, 3.63) is 17.0 Å². The van der Waals surface area contributed by atoms with Crippen LogP contribution in [0, 0.1) is 0 Å². The third-order valence-corrected chi connectivity index (χ3v) is 3.23. The van der Waals surface area contributed by atoms with Gasteiger partial charge >= 0.3 is 5.97 Å². The van der Waals surface area contributed by atoms with Gasteiger partial charge in [-0.25, -0.2) is 0 Å². The van der Waals surface area contributed by atoms with Gasteiger partial charge in [-0.3, -0.25) is 14.3 Å². The first-order valence-corrected chi connectivity index (χ1v) is 6.24. The van der Waals surface area contributed by atoms with E-state index in [0.717, 1.165) is 29.8 Å². The summed E-state index contributed by atoms with van der Waals surface area (Å²) in [4.78, 5) is 23.4. The molecule has 0 bridgehead atoms. The van der Waals surface area contributed by atoms with Crippen LogP contribution in [-0.4, -0.2) is 28.6 Å². The van der Waals surface area contributed by atoms with E-state index in [1.54, 1.807) is 4.68 Å². The molecule has 0 aliphatic heterocycles. The topological polar surface area (TPSA) is 61.2 Å². The molecule has 0 unspecified atom stereocenters. The van der Waals surface area contributed by atoms with Crippen LogP contribution in [0.1, 0.15) is 54.4 Å².